The molecule has 1 atom stereocenters. The van der Waals surface area contributed by atoms with E-state index in [1.54, 1.807) is 12.1 Å². The summed E-state index contributed by atoms with van der Waals surface area (Å²) >= 11 is 0. The van der Waals surface area contributed by atoms with Crippen LogP contribution < -0.4 is 10.1 Å². The minimum absolute atomic E-state index is 0.153. The molecule has 15 heavy (non-hydrogen) atoms. The van der Waals surface area contributed by atoms with Crippen LogP contribution in [0.15, 0.2) is 24.3 Å². The van der Waals surface area contributed by atoms with E-state index in [1.807, 2.05) is 12.1 Å². The first kappa shape index (κ1) is 10.4. The first-order valence-corrected chi connectivity index (χ1v) is 5.04. The summed E-state index contributed by atoms with van der Waals surface area (Å²) in [5, 5.41) is 3.26. The Hall–Kier alpha value is -1.16. The Bertz CT molecular complexity index is 324. The standard InChI is InChI=1S/C11H13F2NO/c12-11(13)15-10-6-2-1-4-8(10)9-5-3-7-14-9/h1-2,4,6,9,11,14H,3,5,7H2. The number of halogens is 2. The van der Waals surface area contributed by atoms with Gasteiger partial charge in [-0.3, -0.25) is 0 Å². The molecular weight excluding hydrogens is 200 g/mol. The zero-order valence-corrected chi connectivity index (χ0v) is 8.25. The predicted octanol–water partition coefficient (Wildman–Crippen LogP) is 2.71. The molecular formula is C11H13F2NO. The summed E-state index contributed by atoms with van der Waals surface area (Å²) in [5.74, 6) is 0.284. The lowest BCUT2D eigenvalue weighted by atomic mass is 10.0. The summed E-state index contributed by atoms with van der Waals surface area (Å²) in [7, 11) is 0. The van der Waals surface area contributed by atoms with Crippen molar-refractivity contribution in [2.75, 3.05) is 6.54 Å². The van der Waals surface area contributed by atoms with E-state index in [1.165, 1.54) is 0 Å². The molecule has 0 saturated carbocycles. The summed E-state index contributed by atoms with van der Waals surface area (Å²) in [6.45, 7) is -1.82. The molecule has 1 unspecified atom stereocenters. The average molecular weight is 213 g/mol. The number of nitrogens with one attached hydrogen (secondary N) is 1. The number of rotatable bonds is 3. The van der Waals surface area contributed by atoms with Crippen LogP contribution in [0, 0.1) is 0 Å². The van der Waals surface area contributed by atoms with E-state index in [0.717, 1.165) is 24.9 Å². The molecule has 1 saturated heterocycles. The van der Waals surface area contributed by atoms with Crippen molar-refractivity contribution in [1.82, 2.24) is 5.32 Å². The molecule has 2 rings (SSSR count). The van der Waals surface area contributed by atoms with Crippen molar-refractivity contribution in [3.05, 3.63) is 29.8 Å². The lowest BCUT2D eigenvalue weighted by Gasteiger charge is -2.15. The summed E-state index contributed by atoms with van der Waals surface area (Å²) < 4.78 is 28.8. The quantitative estimate of drug-likeness (QED) is 0.833. The predicted molar refractivity (Wildman–Crippen MR) is 53.1 cm³/mol. The van der Waals surface area contributed by atoms with Crippen LogP contribution in [0.5, 0.6) is 5.75 Å². The van der Waals surface area contributed by atoms with Gasteiger partial charge in [0.25, 0.3) is 0 Å². The van der Waals surface area contributed by atoms with Gasteiger partial charge in [-0.15, -0.1) is 0 Å². The smallest absolute Gasteiger partial charge is 0.387 e. The van der Waals surface area contributed by atoms with Gasteiger partial charge >= 0.3 is 6.61 Å². The van der Waals surface area contributed by atoms with E-state index in [2.05, 4.69) is 10.1 Å². The van der Waals surface area contributed by atoms with Gasteiger partial charge in [-0.25, -0.2) is 0 Å². The molecule has 1 heterocycles. The Labute approximate surface area is 87.2 Å². The van der Waals surface area contributed by atoms with Gasteiger partial charge in [0.15, 0.2) is 0 Å². The van der Waals surface area contributed by atoms with E-state index >= 15 is 0 Å². The normalized spacial score (nSPS) is 20.9. The molecule has 1 aromatic carbocycles. The van der Waals surface area contributed by atoms with Crippen LogP contribution in [-0.2, 0) is 0 Å². The molecule has 4 heteroatoms. The van der Waals surface area contributed by atoms with Gasteiger partial charge in [0, 0.05) is 11.6 Å². The van der Waals surface area contributed by atoms with Crippen LogP contribution in [0.25, 0.3) is 0 Å². The maximum absolute atomic E-state index is 12.1. The first-order chi connectivity index (χ1) is 7.27. The number of hydrogen-bond donors (Lipinski definition) is 1. The number of benzene rings is 1. The maximum atomic E-state index is 12.1. The third-order valence-electron chi connectivity index (χ3n) is 2.57. The van der Waals surface area contributed by atoms with Crippen LogP contribution in [0.2, 0.25) is 0 Å². The van der Waals surface area contributed by atoms with Crippen molar-refractivity contribution < 1.29 is 13.5 Å². The van der Waals surface area contributed by atoms with E-state index in [-0.39, 0.29) is 11.8 Å². The maximum Gasteiger partial charge on any atom is 0.387 e. The molecule has 1 aliphatic heterocycles. The summed E-state index contributed by atoms with van der Waals surface area (Å²) in [4.78, 5) is 0. The van der Waals surface area contributed by atoms with Gasteiger partial charge in [0.05, 0.1) is 0 Å². The van der Waals surface area contributed by atoms with Gasteiger partial charge in [-0.2, -0.15) is 8.78 Å². The third kappa shape index (κ3) is 2.45. The third-order valence-corrected chi connectivity index (χ3v) is 2.57. The topological polar surface area (TPSA) is 21.3 Å². The van der Waals surface area contributed by atoms with Crippen LogP contribution in [0.1, 0.15) is 24.4 Å². The molecule has 0 spiro atoms. The molecule has 82 valence electrons. The lowest BCUT2D eigenvalue weighted by Crippen LogP contribution is -2.15. The Morgan fingerprint density at radius 2 is 2.13 bits per heavy atom. The van der Waals surface area contributed by atoms with Crippen LogP contribution in [0.3, 0.4) is 0 Å². The van der Waals surface area contributed by atoms with Gasteiger partial charge in [0.2, 0.25) is 0 Å². The van der Waals surface area contributed by atoms with E-state index in [4.69, 9.17) is 0 Å². The molecule has 0 aromatic heterocycles. The Morgan fingerprint density at radius 1 is 1.33 bits per heavy atom. The number of ether oxygens (including phenoxy) is 1. The Morgan fingerprint density at radius 3 is 2.80 bits per heavy atom. The van der Waals surface area contributed by atoms with Crippen molar-refractivity contribution in [2.24, 2.45) is 0 Å². The highest BCUT2D eigenvalue weighted by atomic mass is 19.3. The fraction of sp³-hybridized carbons (Fsp3) is 0.455. The fourth-order valence-electron chi connectivity index (χ4n) is 1.92. The number of hydrogen-bond acceptors (Lipinski definition) is 2. The van der Waals surface area contributed by atoms with Crippen LogP contribution in [-0.4, -0.2) is 13.2 Å². The summed E-state index contributed by atoms with van der Waals surface area (Å²) in [6, 6.07) is 7.12. The second-order valence-electron chi connectivity index (χ2n) is 3.57. The minimum Gasteiger partial charge on any atom is -0.434 e. The number of alkyl halides is 2. The second-order valence-corrected chi connectivity index (χ2v) is 3.57. The molecule has 1 aliphatic rings. The van der Waals surface area contributed by atoms with Gasteiger partial charge in [-0.05, 0) is 25.5 Å². The van der Waals surface area contributed by atoms with Crippen molar-refractivity contribution in [3.63, 3.8) is 0 Å². The van der Waals surface area contributed by atoms with E-state index in [9.17, 15) is 8.78 Å². The Kier molecular flexibility index (Phi) is 3.16. The van der Waals surface area contributed by atoms with Gasteiger partial charge in [0.1, 0.15) is 5.75 Å². The zero-order valence-electron chi connectivity index (χ0n) is 8.25. The van der Waals surface area contributed by atoms with Crippen molar-refractivity contribution in [1.29, 1.82) is 0 Å². The summed E-state index contributed by atoms with van der Waals surface area (Å²) in [6.07, 6.45) is 2.05. The van der Waals surface area contributed by atoms with Crippen molar-refractivity contribution in [2.45, 2.75) is 25.5 Å². The Balaban J connectivity index is 2.20. The zero-order chi connectivity index (χ0) is 10.7. The lowest BCUT2D eigenvalue weighted by molar-refractivity contribution is -0.0506. The molecule has 1 N–H and O–H groups in total. The number of para-hydroxylation sites is 1. The molecule has 0 aliphatic carbocycles. The van der Waals surface area contributed by atoms with E-state index < -0.39 is 6.61 Å². The fourth-order valence-corrected chi connectivity index (χ4v) is 1.92. The SMILES string of the molecule is FC(F)Oc1ccccc1C1CCCN1. The molecule has 2 nitrogen and oxygen atoms in total. The molecule has 1 fully saturated rings. The highest BCUT2D eigenvalue weighted by Gasteiger charge is 2.20. The monoisotopic (exact) mass is 213 g/mol. The highest BCUT2D eigenvalue weighted by Crippen LogP contribution is 2.31. The highest BCUT2D eigenvalue weighted by molar-refractivity contribution is 5.36. The van der Waals surface area contributed by atoms with Crippen molar-refractivity contribution >= 4 is 0 Å². The van der Waals surface area contributed by atoms with E-state index in [0.29, 0.717) is 0 Å². The minimum atomic E-state index is -2.76. The molecule has 1 aromatic rings. The van der Waals surface area contributed by atoms with Crippen LogP contribution >= 0.6 is 0 Å². The largest absolute Gasteiger partial charge is 0.434 e. The molecule has 0 amide bonds. The molecule has 0 bridgehead atoms. The second kappa shape index (κ2) is 4.57. The van der Waals surface area contributed by atoms with Crippen LogP contribution in [0.4, 0.5) is 8.78 Å². The average Bonchev–Trinajstić information content (AvgIpc) is 2.70. The molecule has 0 radical (unpaired) electrons. The van der Waals surface area contributed by atoms with Crippen molar-refractivity contribution in [3.8, 4) is 5.75 Å². The first-order valence-electron chi connectivity index (χ1n) is 5.04. The van der Waals surface area contributed by atoms with Gasteiger partial charge in [-0.1, -0.05) is 18.2 Å². The van der Waals surface area contributed by atoms with Gasteiger partial charge < -0.3 is 10.1 Å². The summed E-state index contributed by atoms with van der Waals surface area (Å²) in [5.41, 5.74) is 0.829.